The van der Waals surface area contributed by atoms with Crippen molar-refractivity contribution >= 4 is 17.7 Å². The maximum atomic E-state index is 10.0. The lowest BCUT2D eigenvalue weighted by atomic mass is 10.3. The largest absolute Gasteiger partial charge is 0.477 e. The lowest BCUT2D eigenvalue weighted by Gasteiger charge is -1.83. The zero-order valence-corrected chi connectivity index (χ0v) is 5.60. The van der Waals surface area contributed by atoms with Crippen LogP contribution in [-0.2, 0) is 4.79 Å². The number of carboxylic acid groups (broad SMARTS) is 1. The molecule has 3 nitrogen and oxygen atoms in total. The van der Waals surface area contributed by atoms with Gasteiger partial charge >= 0.3 is 5.97 Å². The van der Waals surface area contributed by atoms with Crippen LogP contribution >= 0.6 is 11.8 Å². The summed E-state index contributed by atoms with van der Waals surface area (Å²) in [7, 11) is 0. The van der Waals surface area contributed by atoms with Crippen LogP contribution in [0.15, 0.2) is 11.0 Å². The highest BCUT2D eigenvalue weighted by molar-refractivity contribution is 8.01. The topological polar surface area (TPSA) is 61.1 Å². The minimum atomic E-state index is -1.17. The van der Waals surface area contributed by atoms with Crippen LogP contribution in [0, 0.1) is 11.3 Å². The molecule has 48 valence electrons. The molecule has 0 heterocycles. The summed E-state index contributed by atoms with van der Waals surface area (Å²) in [5.41, 5.74) is -0.220. The lowest BCUT2D eigenvalue weighted by Crippen LogP contribution is -1.96. The number of aliphatic carboxylic acids is 1. The average Bonchev–Trinajstić information content (AvgIpc) is 1.82. The van der Waals surface area contributed by atoms with E-state index >= 15 is 0 Å². The molecule has 0 atom stereocenters. The highest BCUT2D eigenvalue weighted by atomic mass is 32.2. The molecule has 0 amide bonds. The second kappa shape index (κ2) is 3.98. The minimum Gasteiger partial charge on any atom is -0.477 e. The van der Waals surface area contributed by atoms with Crippen LogP contribution in [0.5, 0.6) is 0 Å². The lowest BCUT2D eigenvalue weighted by molar-refractivity contribution is -0.132. The Morgan fingerprint density at radius 2 is 2.44 bits per heavy atom. The summed E-state index contributed by atoms with van der Waals surface area (Å²) in [5.74, 6) is -1.17. The van der Waals surface area contributed by atoms with E-state index < -0.39 is 5.97 Å². The van der Waals surface area contributed by atoms with Gasteiger partial charge < -0.3 is 5.11 Å². The van der Waals surface area contributed by atoms with Gasteiger partial charge in [0.25, 0.3) is 0 Å². The standard InChI is InChI=1S/C5H5NO2S/c1-9-3-4(2-6)5(7)8/h3H,1H3,(H,7,8)/b4-3-. The molecule has 0 radical (unpaired) electrons. The summed E-state index contributed by atoms with van der Waals surface area (Å²) < 4.78 is 0. The van der Waals surface area contributed by atoms with Crippen molar-refractivity contribution in [3.05, 3.63) is 11.0 Å². The molecule has 0 aromatic rings. The summed E-state index contributed by atoms with van der Waals surface area (Å²) in [6, 6.07) is 1.54. The van der Waals surface area contributed by atoms with Gasteiger partial charge in [0.05, 0.1) is 0 Å². The molecule has 0 aliphatic rings. The van der Waals surface area contributed by atoms with E-state index in [1.54, 1.807) is 12.3 Å². The van der Waals surface area contributed by atoms with Gasteiger partial charge in [0.2, 0.25) is 0 Å². The van der Waals surface area contributed by atoms with E-state index in [1.807, 2.05) is 0 Å². The van der Waals surface area contributed by atoms with Gasteiger partial charge in [-0.25, -0.2) is 4.79 Å². The summed E-state index contributed by atoms with van der Waals surface area (Å²) in [6.07, 6.45) is 1.69. The molecule has 0 bridgehead atoms. The number of carbonyl (C=O) groups is 1. The molecule has 0 aliphatic heterocycles. The Balaban J connectivity index is 4.20. The Hall–Kier alpha value is -0.950. The maximum Gasteiger partial charge on any atom is 0.346 e. The van der Waals surface area contributed by atoms with E-state index in [0.717, 1.165) is 0 Å². The van der Waals surface area contributed by atoms with Gasteiger partial charge in [0, 0.05) is 0 Å². The fourth-order valence-electron chi connectivity index (χ4n) is 0.242. The van der Waals surface area contributed by atoms with Gasteiger partial charge in [0.1, 0.15) is 11.6 Å². The number of nitriles is 1. The van der Waals surface area contributed by atoms with Gasteiger partial charge in [-0.3, -0.25) is 0 Å². The Morgan fingerprint density at radius 1 is 1.89 bits per heavy atom. The van der Waals surface area contributed by atoms with Gasteiger partial charge in [-0.1, -0.05) is 0 Å². The molecule has 0 aromatic heterocycles. The molecule has 1 N–H and O–H groups in total. The summed E-state index contributed by atoms with van der Waals surface area (Å²) >= 11 is 1.20. The van der Waals surface area contributed by atoms with E-state index in [9.17, 15) is 4.79 Å². The smallest absolute Gasteiger partial charge is 0.346 e. The second-order valence-electron chi connectivity index (χ2n) is 1.18. The molecule has 0 saturated heterocycles. The molecule has 9 heavy (non-hydrogen) atoms. The fourth-order valence-corrected chi connectivity index (χ4v) is 0.632. The maximum absolute atomic E-state index is 10.0. The number of hydrogen-bond acceptors (Lipinski definition) is 3. The monoisotopic (exact) mass is 143 g/mol. The number of hydrogen-bond donors (Lipinski definition) is 1. The molecular weight excluding hydrogens is 138 g/mol. The third-order valence-corrected chi connectivity index (χ3v) is 1.06. The van der Waals surface area contributed by atoms with Crippen LogP contribution in [0.4, 0.5) is 0 Å². The van der Waals surface area contributed by atoms with Crippen LogP contribution in [0.2, 0.25) is 0 Å². The molecule has 0 saturated carbocycles. The first kappa shape index (κ1) is 8.05. The Kier molecular flexibility index (Phi) is 3.56. The normalized spacial score (nSPS) is 10.4. The summed E-state index contributed by atoms with van der Waals surface area (Å²) in [6.45, 7) is 0. The van der Waals surface area contributed by atoms with Crippen LogP contribution in [0.25, 0.3) is 0 Å². The summed E-state index contributed by atoms with van der Waals surface area (Å²) in [4.78, 5) is 10.0. The van der Waals surface area contributed by atoms with Crippen molar-refractivity contribution < 1.29 is 9.90 Å². The molecule has 0 rings (SSSR count). The number of nitrogens with zero attached hydrogens (tertiary/aromatic N) is 1. The van der Waals surface area contributed by atoms with Crippen LogP contribution in [0.3, 0.4) is 0 Å². The van der Waals surface area contributed by atoms with Crippen LogP contribution < -0.4 is 0 Å². The molecule has 0 aliphatic carbocycles. The van der Waals surface area contributed by atoms with Crippen LogP contribution in [0.1, 0.15) is 0 Å². The van der Waals surface area contributed by atoms with Crippen molar-refractivity contribution in [2.75, 3.05) is 6.26 Å². The first-order chi connectivity index (χ1) is 4.22. The predicted molar refractivity (Wildman–Crippen MR) is 34.8 cm³/mol. The average molecular weight is 143 g/mol. The number of thioether (sulfide) groups is 1. The third-order valence-electron chi connectivity index (χ3n) is 0.587. The van der Waals surface area contributed by atoms with Gasteiger partial charge in [-0.15, -0.1) is 11.8 Å². The zero-order valence-electron chi connectivity index (χ0n) is 4.79. The van der Waals surface area contributed by atoms with Crippen molar-refractivity contribution in [2.24, 2.45) is 0 Å². The number of rotatable bonds is 2. The Labute approximate surface area is 57.0 Å². The molecule has 0 unspecified atom stereocenters. The van der Waals surface area contributed by atoms with Crippen molar-refractivity contribution in [1.29, 1.82) is 5.26 Å². The number of carboxylic acids is 1. The molecule has 4 heteroatoms. The molecule has 0 aromatic carbocycles. The summed E-state index contributed by atoms with van der Waals surface area (Å²) in [5, 5.41) is 17.6. The van der Waals surface area contributed by atoms with Gasteiger partial charge in [-0.2, -0.15) is 5.26 Å². The van der Waals surface area contributed by atoms with Crippen molar-refractivity contribution in [2.45, 2.75) is 0 Å². The zero-order chi connectivity index (χ0) is 7.28. The Morgan fingerprint density at radius 3 is 2.56 bits per heavy atom. The highest BCUT2D eigenvalue weighted by Gasteiger charge is 2.02. The Bertz CT molecular complexity index is 180. The SMILES string of the molecule is CS/C=C(/C#N)C(=O)O. The van der Waals surface area contributed by atoms with E-state index in [-0.39, 0.29) is 5.57 Å². The molecule has 0 spiro atoms. The molecule has 0 fully saturated rings. The van der Waals surface area contributed by atoms with E-state index in [0.29, 0.717) is 0 Å². The predicted octanol–water partition coefficient (Wildman–Crippen LogP) is 0.841. The van der Waals surface area contributed by atoms with Gasteiger partial charge in [-0.05, 0) is 11.7 Å². The quantitative estimate of drug-likeness (QED) is 0.459. The first-order valence-electron chi connectivity index (χ1n) is 2.08. The van der Waals surface area contributed by atoms with E-state index in [4.69, 9.17) is 10.4 Å². The third kappa shape index (κ3) is 2.77. The van der Waals surface area contributed by atoms with Gasteiger partial charge in [0.15, 0.2) is 0 Å². The van der Waals surface area contributed by atoms with Crippen molar-refractivity contribution in [3.63, 3.8) is 0 Å². The first-order valence-corrected chi connectivity index (χ1v) is 3.37. The van der Waals surface area contributed by atoms with Crippen molar-refractivity contribution in [3.8, 4) is 6.07 Å². The molecular formula is C5H5NO2S. The van der Waals surface area contributed by atoms with Crippen molar-refractivity contribution in [1.82, 2.24) is 0 Å². The highest BCUT2D eigenvalue weighted by Crippen LogP contribution is 2.01. The second-order valence-corrected chi connectivity index (χ2v) is 1.89. The van der Waals surface area contributed by atoms with Crippen LogP contribution in [-0.4, -0.2) is 17.3 Å². The minimum absolute atomic E-state index is 0.220. The van der Waals surface area contributed by atoms with E-state index in [2.05, 4.69) is 0 Å². The fraction of sp³-hybridized carbons (Fsp3) is 0.200. The van der Waals surface area contributed by atoms with E-state index in [1.165, 1.54) is 17.2 Å².